The zero-order valence-electron chi connectivity index (χ0n) is 10.5. The second-order valence-electron chi connectivity index (χ2n) is 4.83. The maximum absolute atomic E-state index is 6.09. The van der Waals surface area contributed by atoms with Crippen LogP contribution >= 0.6 is 11.6 Å². The van der Waals surface area contributed by atoms with E-state index >= 15 is 0 Å². The molecule has 1 nitrogen and oxygen atoms in total. The summed E-state index contributed by atoms with van der Waals surface area (Å²) in [5.74, 6) is 0. The van der Waals surface area contributed by atoms with Crippen molar-refractivity contribution in [3.63, 3.8) is 0 Å². The van der Waals surface area contributed by atoms with Gasteiger partial charge >= 0.3 is 0 Å². The summed E-state index contributed by atoms with van der Waals surface area (Å²) in [7, 11) is 2.09. The minimum atomic E-state index is -0.0194. The fraction of sp³-hybridized carbons (Fsp3) is 0.267. The molecule has 1 aromatic carbocycles. The van der Waals surface area contributed by atoms with E-state index in [-0.39, 0.29) is 5.41 Å². The van der Waals surface area contributed by atoms with Crippen LogP contribution in [-0.4, -0.2) is 17.3 Å². The van der Waals surface area contributed by atoms with Gasteiger partial charge in [-0.3, -0.25) is 0 Å². The molecule has 17 heavy (non-hydrogen) atoms. The standard InChI is InChI=1S/C15H17ClN/c1-5-6-7-14-15(2,3)12-10-11(16)8-9-13(12)17(14)4/h5-10H,1H2,2-4H3/q+1. The SMILES string of the molecule is C=CC=CC1=[N+](C)c2ccc(Cl)cc2C1(C)C. The van der Waals surface area contributed by atoms with Gasteiger partial charge in [-0.1, -0.05) is 30.3 Å². The van der Waals surface area contributed by atoms with E-state index in [4.69, 9.17) is 11.6 Å². The van der Waals surface area contributed by atoms with E-state index in [0.717, 1.165) is 5.02 Å². The Labute approximate surface area is 108 Å². The number of fused-ring (bicyclic) bond motifs is 1. The minimum Gasteiger partial charge on any atom is -0.198 e. The van der Waals surface area contributed by atoms with E-state index < -0.39 is 0 Å². The Balaban J connectivity index is 2.63. The second kappa shape index (κ2) is 4.15. The van der Waals surface area contributed by atoms with E-state index in [1.54, 1.807) is 6.08 Å². The molecule has 0 atom stereocenters. The number of halogens is 1. The lowest BCUT2D eigenvalue weighted by Crippen LogP contribution is -2.26. The Morgan fingerprint density at radius 1 is 1.35 bits per heavy atom. The van der Waals surface area contributed by atoms with Crippen LogP contribution < -0.4 is 0 Å². The lowest BCUT2D eigenvalue weighted by molar-refractivity contribution is -0.401. The number of nitrogens with zero attached hydrogens (tertiary/aromatic N) is 1. The molecule has 2 rings (SSSR count). The molecule has 0 aliphatic carbocycles. The summed E-state index contributed by atoms with van der Waals surface area (Å²) < 4.78 is 2.21. The molecule has 1 aliphatic heterocycles. The Morgan fingerprint density at radius 3 is 2.71 bits per heavy atom. The molecule has 2 heteroatoms. The van der Waals surface area contributed by atoms with Crippen LogP contribution in [0, 0.1) is 0 Å². The summed E-state index contributed by atoms with van der Waals surface area (Å²) in [6.45, 7) is 8.15. The number of rotatable bonds is 2. The number of allylic oxidation sites excluding steroid dienone is 3. The maximum atomic E-state index is 6.09. The van der Waals surface area contributed by atoms with Gasteiger partial charge in [0.1, 0.15) is 7.05 Å². The van der Waals surface area contributed by atoms with Crippen LogP contribution in [-0.2, 0) is 5.41 Å². The molecule has 0 unspecified atom stereocenters. The molecular formula is C15H17ClN+. The van der Waals surface area contributed by atoms with Crippen LogP contribution in [0.3, 0.4) is 0 Å². The average Bonchev–Trinajstić information content (AvgIpc) is 2.45. The van der Waals surface area contributed by atoms with Crippen molar-refractivity contribution in [3.8, 4) is 0 Å². The quantitative estimate of drug-likeness (QED) is 0.546. The van der Waals surface area contributed by atoms with Gasteiger partial charge in [-0.05, 0) is 26.0 Å². The van der Waals surface area contributed by atoms with Crippen LogP contribution in [0.1, 0.15) is 19.4 Å². The molecule has 0 aromatic heterocycles. The normalized spacial score (nSPS) is 17.6. The smallest absolute Gasteiger partial charge is 0.198 e. The number of hydrogen-bond donors (Lipinski definition) is 0. The molecule has 1 aliphatic rings. The molecule has 0 bridgehead atoms. The van der Waals surface area contributed by atoms with Crippen molar-refractivity contribution in [2.45, 2.75) is 19.3 Å². The molecule has 0 radical (unpaired) electrons. The Morgan fingerprint density at radius 2 is 2.06 bits per heavy atom. The highest BCUT2D eigenvalue weighted by atomic mass is 35.5. The van der Waals surface area contributed by atoms with Crippen molar-refractivity contribution in [2.75, 3.05) is 7.05 Å². The van der Waals surface area contributed by atoms with Crippen LogP contribution in [0.5, 0.6) is 0 Å². The Kier molecular flexibility index (Phi) is 2.96. The predicted octanol–water partition coefficient (Wildman–Crippen LogP) is 4.09. The van der Waals surface area contributed by atoms with Crippen molar-refractivity contribution in [2.24, 2.45) is 0 Å². The van der Waals surface area contributed by atoms with Crippen LogP contribution in [0.15, 0.2) is 43.0 Å². The zero-order valence-corrected chi connectivity index (χ0v) is 11.3. The summed E-state index contributed by atoms with van der Waals surface area (Å²) >= 11 is 6.09. The number of hydrogen-bond acceptors (Lipinski definition) is 0. The molecule has 0 fully saturated rings. The summed E-state index contributed by atoms with van der Waals surface area (Å²) in [5, 5.41) is 0.791. The van der Waals surface area contributed by atoms with Crippen molar-refractivity contribution >= 4 is 23.0 Å². The number of benzene rings is 1. The zero-order chi connectivity index (χ0) is 12.6. The lowest BCUT2D eigenvalue weighted by atomic mass is 9.81. The largest absolute Gasteiger partial charge is 0.209 e. The maximum Gasteiger partial charge on any atom is 0.209 e. The van der Waals surface area contributed by atoms with Gasteiger partial charge in [0.05, 0.1) is 5.41 Å². The van der Waals surface area contributed by atoms with Gasteiger partial charge < -0.3 is 0 Å². The third-order valence-corrected chi connectivity index (χ3v) is 3.62. The highest BCUT2D eigenvalue weighted by Crippen LogP contribution is 2.40. The van der Waals surface area contributed by atoms with Crippen LogP contribution in [0.2, 0.25) is 5.02 Å². The van der Waals surface area contributed by atoms with E-state index in [0.29, 0.717) is 0 Å². The van der Waals surface area contributed by atoms with Crippen molar-refractivity contribution in [1.82, 2.24) is 0 Å². The minimum absolute atomic E-state index is 0.0194. The third-order valence-electron chi connectivity index (χ3n) is 3.39. The average molecular weight is 247 g/mol. The Hall–Kier alpha value is -1.34. The predicted molar refractivity (Wildman–Crippen MR) is 74.7 cm³/mol. The van der Waals surface area contributed by atoms with E-state index in [1.807, 2.05) is 12.1 Å². The fourth-order valence-corrected chi connectivity index (χ4v) is 2.64. The molecule has 0 saturated carbocycles. The molecule has 0 N–H and O–H groups in total. The van der Waals surface area contributed by atoms with Gasteiger partial charge in [0, 0.05) is 22.7 Å². The van der Waals surface area contributed by atoms with Crippen LogP contribution in [0.25, 0.3) is 0 Å². The topological polar surface area (TPSA) is 3.01 Å². The van der Waals surface area contributed by atoms with Gasteiger partial charge in [-0.25, -0.2) is 0 Å². The van der Waals surface area contributed by atoms with Gasteiger partial charge in [0.15, 0.2) is 5.71 Å². The van der Waals surface area contributed by atoms with Crippen molar-refractivity contribution < 1.29 is 4.58 Å². The summed E-state index contributed by atoms with van der Waals surface area (Å²) in [4.78, 5) is 0. The van der Waals surface area contributed by atoms with Gasteiger partial charge in [-0.15, -0.1) is 0 Å². The Bertz CT molecular complexity index is 536. The van der Waals surface area contributed by atoms with Gasteiger partial charge in [-0.2, -0.15) is 4.58 Å². The fourth-order valence-electron chi connectivity index (χ4n) is 2.47. The first-order valence-corrected chi connectivity index (χ1v) is 6.06. The highest BCUT2D eigenvalue weighted by Gasteiger charge is 2.42. The summed E-state index contributed by atoms with van der Waals surface area (Å²) in [6.07, 6.45) is 5.88. The molecule has 1 heterocycles. The van der Waals surface area contributed by atoms with E-state index in [9.17, 15) is 0 Å². The first-order chi connectivity index (χ1) is 7.98. The van der Waals surface area contributed by atoms with E-state index in [2.05, 4.69) is 50.3 Å². The summed E-state index contributed by atoms with van der Waals surface area (Å²) in [6, 6.07) is 6.07. The monoisotopic (exact) mass is 246 g/mol. The van der Waals surface area contributed by atoms with Gasteiger partial charge in [0.2, 0.25) is 5.69 Å². The molecule has 0 amide bonds. The third kappa shape index (κ3) is 1.85. The van der Waals surface area contributed by atoms with Gasteiger partial charge in [0.25, 0.3) is 0 Å². The molecule has 1 aromatic rings. The molecular weight excluding hydrogens is 230 g/mol. The van der Waals surface area contributed by atoms with Crippen molar-refractivity contribution in [3.05, 3.63) is 53.6 Å². The first kappa shape index (κ1) is 12.1. The lowest BCUT2D eigenvalue weighted by Gasteiger charge is -2.15. The molecule has 0 spiro atoms. The molecule has 88 valence electrons. The molecule has 0 saturated heterocycles. The second-order valence-corrected chi connectivity index (χ2v) is 5.26. The van der Waals surface area contributed by atoms with E-state index in [1.165, 1.54) is 17.0 Å². The van der Waals surface area contributed by atoms with Crippen molar-refractivity contribution in [1.29, 1.82) is 0 Å². The summed E-state index contributed by atoms with van der Waals surface area (Å²) in [5.41, 5.74) is 3.74. The first-order valence-electron chi connectivity index (χ1n) is 5.69. The highest BCUT2D eigenvalue weighted by molar-refractivity contribution is 6.30. The van der Waals surface area contributed by atoms with Crippen LogP contribution in [0.4, 0.5) is 5.69 Å².